The molecule has 3 atom stereocenters. The molecule has 18 heavy (non-hydrogen) atoms. The summed E-state index contributed by atoms with van der Waals surface area (Å²) in [6.07, 6.45) is 10.5. The molecular formula is C14H17N3O. The molecule has 0 aliphatic heterocycles. The Kier molecular flexibility index (Phi) is 3.09. The number of nitrogens with one attached hydrogen (secondary N) is 1. The Morgan fingerprint density at radius 3 is 2.83 bits per heavy atom. The second kappa shape index (κ2) is 4.88. The van der Waals surface area contributed by atoms with Gasteiger partial charge >= 0.3 is 0 Å². The first-order valence-corrected chi connectivity index (χ1v) is 6.56. The number of carbonyl (C=O) groups excluding carboxylic acids is 1. The van der Waals surface area contributed by atoms with E-state index in [1.807, 2.05) is 6.21 Å². The Morgan fingerprint density at radius 1 is 1.33 bits per heavy atom. The molecule has 0 radical (unpaired) electrons. The maximum absolute atomic E-state index is 11.7. The average Bonchev–Trinajstić information content (AvgIpc) is 3.02. The van der Waals surface area contributed by atoms with Gasteiger partial charge in [-0.25, -0.2) is 5.43 Å². The van der Waals surface area contributed by atoms with Crippen LogP contribution in [0.5, 0.6) is 0 Å². The Morgan fingerprint density at radius 2 is 2.17 bits per heavy atom. The molecule has 3 rings (SSSR count). The highest BCUT2D eigenvalue weighted by atomic mass is 16.2. The maximum Gasteiger partial charge on any atom is 0.271 e. The third-order valence-electron chi connectivity index (χ3n) is 4.17. The van der Waals surface area contributed by atoms with E-state index in [2.05, 4.69) is 15.5 Å². The number of hydrogen-bond donors (Lipinski definition) is 1. The number of hydrogen-bond acceptors (Lipinski definition) is 3. The summed E-state index contributed by atoms with van der Waals surface area (Å²) in [5.74, 6) is 2.11. The third kappa shape index (κ3) is 2.28. The number of carbonyl (C=O) groups is 1. The quantitative estimate of drug-likeness (QED) is 0.653. The first kappa shape index (κ1) is 11.4. The van der Waals surface area contributed by atoms with E-state index in [4.69, 9.17) is 0 Å². The predicted molar refractivity (Wildman–Crippen MR) is 69.1 cm³/mol. The molecule has 2 aliphatic rings. The smallest absolute Gasteiger partial charge is 0.267 e. The van der Waals surface area contributed by atoms with Crippen molar-refractivity contribution in [1.29, 1.82) is 0 Å². The highest BCUT2D eigenvalue weighted by Gasteiger charge is 2.38. The number of hydrazone groups is 1. The zero-order valence-electron chi connectivity index (χ0n) is 10.2. The standard InChI is InChI=1S/C14H17N3O/c18-14(11-3-5-15-6-4-11)17-16-9-13-8-10-1-2-12(13)7-10/h3-6,9-10,12-13H,1-2,7-8H2,(H,17,18)/b16-9+. The van der Waals surface area contributed by atoms with Gasteiger partial charge in [0.05, 0.1) is 0 Å². The van der Waals surface area contributed by atoms with Gasteiger partial charge in [-0.1, -0.05) is 6.42 Å². The Balaban J connectivity index is 1.54. The van der Waals surface area contributed by atoms with Crippen molar-refractivity contribution in [3.63, 3.8) is 0 Å². The highest BCUT2D eigenvalue weighted by molar-refractivity contribution is 5.94. The molecule has 4 nitrogen and oxygen atoms in total. The molecule has 1 N–H and O–H groups in total. The summed E-state index contributed by atoms with van der Waals surface area (Å²) in [5.41, 5.74) is 3.18. The summed E-state index contributed by atoms with van der Waals surface area (Å²) in [7, 11) is 0. The number of fused-ring (bicyclic) bond motifs is 2. The molecule has 1 amide bonds. The van der Waals surface area contributed by atoms with Crippen LogP contribution in [0.15, 0.2) is 29.6 Å². The van der Waals surface area contributed by atoms with Gasteiger partial charge in [-0.15, -0.1) is 0 Å². The van der Waals surface area contributed by atoms with Crippen LogP contribution in [0, 0.1) is 17.8 Å². The average molecular weight is 243 g/mol. The lowest BCUT2D eigenvalue weighted by Gasteiger charge is -2.16. The summed E-state index contributed by atoms with van der Waals surface area (Å²) in [6, 6.07) is 3.37. The molecule has 2 bridgehead atoms. The Bertz CT molecular complexity index is 457. The minimum atomic E-state index is -0.170. The second-order valence-corrected chi connectivity index (χ2v) is 5.29. The first-order chi connectivity index (χ1) is 8.83. The zero-order chi connectivity index (χ0) is 12.4. The van der Waals surface area contributed by atoms with E-state index in [0.717, 1.165) is 11.8 Å². The van der Waals surface area contributed by atoms with Gasteiger partial charge in [-0.05, 0) is 49.1 Å². The van der Waals surface area contributed by atoms with Crippen LogP contribution in [-0.2, 0) is 0 Å². The van der Waals surface area contributed by atoms with Crippen molar-refractivity contribution in [2.75, 3.05) is 0 Å². The molecule has 2 saturated carbocycles. The molecule has 1 heterocycles. The van der Waals surface area contributed by atoms with E-state index in [0.29, 0.717) is 11.5 Å². The fourth-order valence-corrected chi connectivity index (χ4v) is 3.24. The van der Waals surface area contributed by atoms with Crippen LogP contribution in [-0.4, -0.2) is 17.1 Å². The fourth-order valence-electron chi connectivity index (χ4n) is 3.24. The summed E-state index contributed by atoms with van der Waals surface area (Å²) in [6.45, 7) is 0. The SMILES string of the molecule is O=C(N/N=C/C1CC2CCC1C2)c1ccncc1. The summed E-state index contributed by atoms with van der Waals surface area (Å²) >= 11 is 0. The van der Waals surface area contributed by atoms with Gasteiger partial charge in [-0.2, -0.15) is 5.10 Å². The molecule has 2 fully saturated rings. The van der Waals surface area contributed by atoms with Gasteiger partial charge in [0.1, 0.15) is 0 Å². The molecular weight excluding hydrogens is 226 g/mol. The lowest BCUT2D eigenvalue weighted by atomic mass is 9.90. The maximum atomic E-state index is 11.7. The van der Waals surface area contributed by atoms with Crippen molar-refractivity contribution < 1.29 is 4.79 Å². The highest BCUT2D eigenvalue weighted by Crippen LogP contribution is 2.47. The molecule has 94 valence electrons. The molecule has 1 aromatic heterocycles. The molecule has 4 heteroatoms. The van der Waals surface area contributed by atoms with Crippen molar-refractivity contribution in [1.82, 2.24) is 10.4 Å². The second-order valence-electron chi connectivity index (χ2n) is 5.29. The Labute approximate surface area is 107 Å². The lowest BCUT2D eigenvalue weighted by Crippen LogP contribution is -2.20. The number of amides is 1. The van der Waals surface area contributed by atoms with Gasteiger partial charge < -0.3 is 0 Å². The molecule has 0 spiro atoms. The van der Waals surface area contributed by atoms with Crippen molar-refractivity contribution in [2.45, 2.75) is 25.7 Å². The first-order valence-electron chi connectivity index (χ1n) is 6.56. The van der Waals surface area contributed by atoms with Gasteiger partial charge in [0, 0.05) is 24.2 Å². The largest absolute Gasteiger partial charge is 0.271 e. The van der Waals surface area contributed by atoms with Crippen LogP contribution < -0.4 is 5.43 Å². The molecule has 1 aromatic rings. The van der Waals surface area contributed by atoms with E-state index in [1.165, 1.54) is 25.7 Å². The van der Waals surface area contributed by atoms with Gasteiger partial charge in [-0.3, -0.25) is 9.78 Å². The number of pyridine rings is 1. The normalized spacial score (nSPS) is 29.9. The van der Waals surface area contributed by atoms with E-state index in [-0.39, 0.29) is 5.91 Å². The van der Waals surface area contributed by atoms with Crippen LogP contribution in [0.4, 0.5) is 0 Å². The molecule has 0 aromatic carbocycles. The number of nitrogens with zero attached hydrogens (tertiary/aromatic N) is 2. The fraction of sp³-hybridized carbons (Fsp3) is 0.500. The van der Waals surface area contributed by atoms with Crippen LogP contribution >= 0.6 is 0 Å². The molecule has 0 saturated heterocycles. The molecule has 2 aliphatic carbocycles. The van der Waals surface area contributed by atoms with Crippen molar-refractivity contribution in [3.8, 4) is 0 Å². The molecule has 3 unspecified atom stereocenters. The lowest BCUT2D eigenvalue weighted by molar-refractivity contribution is 0.0954. The van der Waals surface area contributed by atoms with Crippen molar-refractivity contribution >= 4 is 12.1 Å². The minimum absolute atomic E-state index is 0.170. The van der Waals surface area contributed by atoms with Crippen molar-refractivity contribution in [3.05, 3.63) is 30.1 Å². The van der Waals surface area contributed by atoms with E-state index >= 15 is 0 Å². The zero-order valence-corrected chi connectivity index (χ0v) is 10.2. The van der Waals surface area contributed by atoms with Crippen LogP contribution in [0.2, 0.25) is 0 Å². The van der Waals surface area contributed by atoms with Crippen LogP contribution in [0.1, 0.15) is 36.0 Å². The van der Waals surface area contributed by atoms with Crippen LogP contribution in [0.3, 0.4) is 0 Å². The summed E-state index contributed by atoms with van der Waals surface area (Å²) in [5, 5.41) is 4.10. The predicted octanol–water partition coefficient (Wildman–Crippen LogP) is 2.23. The van der Waals surface area contributed by atoms with Crippen LogP contribution in [0.25, 0.3) is 0 Å². The monoisotopic (exact) mass is 243 g/mol. The van der Waals surface area contributed by atoms with E-state index in [9.17, 15) is 4.79 Å². The van der Waals surface area contributed by atoms with Crippen molar-refractivity contribution in [2.24, 2.45) is 22.9 Å². The van der Waals surface area contributed by atoms with Gasteiger partial charge in [0.15, 0.2) is 0 Å². The topological polar surface area (TPSA) is 54.4 Å². The summed E-state index contributed by atoms with van der Waals surface area (Å²) in [4.78, 5) is 15.6. The Hall–Kier alpha value is -1.71. The van der Waals surface area contributed by atoms with E-state index < -0.39 is 0 Å². The van der Waals surface area contributed by atoms with Gasteiger partial charge in [0.25, 0.3) is 5.91 Å². The van der Waals surface area contributed by atoms with Gasteiger partial charge in [0.2, 0.25) is 0 Å². The van der Waals surface area contributed by atoms with E-state index in [1.54, 1.807) is 24.5 Å². The number of aromatic nitrogens is 1. The summed E-state index contributed by atoms with van der Waals surface area (Å²) < 4.78 is 0. The third-order valence-corrected chi connectivity index (χ3v) is 4.17. The number of rotatable bonds is 3. The minimum Gasteiger partial charge on any atom is -0.267 e.